The number of ether oxygens (including phenoxy) is 1. The molecule has 5 nitrogen and oxygen atoms in total. The highest BCUT2D eigenvalue weighted by molar-refractivity contribution is 6.42. The number of ketones is 1. The molecule has 29 heavy (non-hydrogen) atoms. The van der Waals surface area contributed by atoms with Gasteiger partial charge in [-0.2, -0.15) is 0 Å². The first-order valence-electron chi connectivity index (χ1n) is 8.60. The van der Waals surface area contributed by atoms with Crippen LogP contribution < -0.4 is 10.1 Å². The summed E-state index contributed by atoms with van der Waals surface area (Å²) in [5.41, 5.74) is 1.54. The Kier molecular flexibility index (Phi) is 6.65. The molecule has 1 amide bonds. The Labute approximate surface area is 177 Å². The van der Waals surface area contributed by atoms with Crippen LogP contribution in [0.15, 0.2) is 66.9 Å². The van der Waals surface area contributed by atoms with Crippen molar-refractivity contribution in [3.63, 3.8) is 0 Å². The van der Waals surface area contributed by atoms with E-state index in [1.165, 1.54) is 25.4 Å². The highest BCUT2D eigenvalue weighted by Gasteiger charge is 2.08. The molecule has 1 aromatic heterocycles. The number of aromatic nitrogens is 1. The van der Waals surface area contributed by atoms with Crippen LogP contribution in [0, 0.1) is 0 Å². The second-order valence-corrected chi connectivity index (χ2v) is 6.77. The zero-order valence-corrected chi connectivity index (χ0v) is 16.9. The second kappa shape index (κ2) is 9.37. The molecule has 0 saturated carbocycles. The summed E-state index contributed by atoms with van der Waals surface area (Å²) in [6.07, 6.45) is 4.63. The highest BCUT2D eigenvalue weighted by Crippen LogP contribution is 2.24. The SMILES string of the molecule is CNC(=O)c1cc(Oc2ccc(C(=O)/C=C/c3ccc(Cl)c(Cl)c3)cc2)ccn1. The Morgan fingerprint density at radius 1 is 0.966 bits per heavy atom. The Hall–Kier alpha value is -3.15. The lowest BCUT2D eigenvalue weighted by atomic mass is 10.1. The van der Waals surface area contributed by atoms with Crippen molar-refractivity contribution in [2.45, 2.75) is 0 Å². The number of pyridine rings is 1. The Morgan fingerprint density at radius 2 is 1.72 bits per heavy atom. The van der Waals surface area contributed by atoms with E-state index in [4.69, 9.17) is 27.9 Å². The number of carbonyl (C=O) groups is 2. The number of rotatable bonds is 6. The Bertz CT molecular complexity index is 1080. The molecule has 0 spiro atoms. The number of benzene rings is 2. The highest BCUT2D eigenvalue weighted by atomic mass is 35.5. The zero-order valence-electron chi connectivity index (χ0n) is 15.4. The van der Waals surface area contributed by atoms with Gasteiger partial charge in [0.05, 0.1) is 10.0 Å². The maximum Gasteiger partial charge on any atom is 0.269 e. The number of hydrogen-bond acceptors (Lipinski definition) is 4. The average Bonchev–Trinajstić information content (AvgIpc) is 2.74. The van der Waals surface area contributed by atoms with Crippen molar-refractivity contribution in [3.05, 3.63) is 93.7 Å². The summed E-state index contributed by atoms with van der Waals surface area (Å²) in [5, 5.41) is 3.40. The van der Waals surface area contributed by atoms with Gasteiger partial charge in [0.25, 0.3) is 5.91 Å². The quantitative estimate of drug-likeness (QED) is 0.421. The van der Waals surface area contributed by atoms with Gasteiger partial charge in [-0.1, -0.05) is 35.3 Å². The van der Waals surface area contributed by atoms with Crippen LogP contribution in [0.5, 0.6) is 11.5 Å². The molecule has 0 fully saturated rings. The normalized spacial score (nSPS) is 10.7. The third-order valence-electron chi connectivity index (χ3n) is 3.94. The summed E-state index contributed by atoms with van der Waals surface area (Å²) in [7, 11) is 1.53. The minimum Gasteiger partial charge on any atom is -0.457 e. The van der Waals surface area contributed by atoms with Gasteiger partial charge in [0.15, 0.2) is 5.78 Å². The number of amides is 1. The molecule has 1 heterocycles. The molecule has 7 heteroatoms. The lowest BCUT2D eigenvalue weighted by Crippen LogP contribution is -2.18. The molecule has 0 bridgehead atoms. The molecule has 0 aliphatic rings. The molecular weight excluding hydrogens is 411 g/mol. The lowest BCUT2D eigenvalue weighted by molar-refractivity contribution is 0.0957. The number of carbonyl (C=O) groups excluding carboxylic acids is 2. The lowest BCUT2D eigenvalue weighted by Gasteiger charge is -2.07. The monoisotopic (exact) mass is 426 g/mol. The van der Waals surface area contributed by atoms with Crippen molar-refractivity contribution in [2.75, 3.05) is 7.05 Å². The van der Waals surface area contributed by atoms with Crippen LogP contribution in [0.2, 0.25) is 10.0 Å². The van der Waals surface area contributed by atoms with E-state index in [2.05, 4.69) is 10.3 Å². The van der Waals surface area contributed by atoms with Gasteiger partial charge in [-0.15, -0.1) is 0 Å². The first-order chi connectivity index (χ1) is 14.0. The Morgan fingerprint density at radius 3 is 2.41 bits per heavy atom. The molecule has 3 aromatic rings. The molecular formula is C22H16Cl2N2O3. The van der Waals surface area contributed by atoms with Gasteiger partial charge in [0.1, 0.15) is 17.2 Å². The van der Waals surface area contributed by atoms with Crippen LogP contribution in [-0.2, 0) is 0 Å². The van der Waals surface area contributed by atoms with Crippen LogP contribution in [0.4, 0.5) is 0 Å². The van der Waals surface area contributed by atoms with Crippen molar-refractivity contribution in [3.8, 4) is 11.5 Å². The third kappa shape index (κ3) is 5.44. The van der Waals surface area contributed by atoms with Gasteiger partial charge in [0, 0.05) is 24.9 Å². The Balaban J connectivity index is 1.68. The van der Waals surface area contributed by atoms with Gasteiger partial charge < -0.3 is 10.1 Å². The molecule has 146 valence electrons. The number of allylic oxidation sites excluding steroid dienone is 1. The fourth-order valence-corrected chi connectivity index (χ4v) is 2.74. The van der Waals surface area contributed by atoms with Crippen LogP contribution in [0.25, 0.3) is 6.08 Å². The molecule has 0 unspecified atom stereocenters. The third-order valence-corrected chi connectivity index (χ3v) is 4.68. The number of hydrogen-bond donors (Lipinski definition) is 1. The van der Waals surface area contributed by atoms with Crippen molar-refractivity contribution in [1.82, 2.24) is 10.3 Å². The largest absolute Gasteiger partial charge is 0.457 e. The first-order valence-corrected chi connectivity index (χ1v) is 9.35. The van der Waals surface area contributed by atoms with Crippen LogP contribution in [-0.4, -0.2) is 23.7 Å². The summed E-state index contributed by atoms with van der Waals surface area (Å²) in [6.45, 7) is 0. The van der Waals surface area contributed by atoms with Crippen molar-refractivity contribution in [2.24, 2.45) is 0 Å². The van der Waals surface area contributed by atoms with E-state index in [0.29, 0.717) is 27.1 Å². The van der Waals surface area contributed by atoms with Gasteiger partial charge in [0.2, 0.25) is 0 Å². The predicted octanol–water partition coefficient (Wildman–Crippen LogP) is 5.44. The summed E-state index contributed by atoms with van der Waals surface area (Å²) in [6, 6.07) is 15.0. The van der Waals surface area contributed by atoms with Gasteiger partial charge >= 0.3 is 0 Å². The minimum atomic E-state index is -0.301. The fourth-order valence-electron chi connectivity index (χ4n) is 2.43. The number of nitrogens with zero attached hydrogens (tertiary/aromatic N) is 1. The van der Waals surface area contributed by atoms with Crippen molar-refractivity contribution in [1.29, 1.82) is 0 Å². The van der Waals surface area contributed by atoms with Crippen molar-refractivity contribution < 1.29 is 14.3 Å². The van der Waals surface area contributed by atoms with E-state index < -0.39 is 0 Å². The van der Waals surface area contributed by atoms with E-state index in [0.717, 1.165) is 5.56 Å². The van der Waals surface area contributed by atoms with Gasteiger partial charge in [-0.05, 0) is 54.1 Å². The molecule has 1 N–H and O–H groups in total. The topological polar surface area (TPSA) is 68.3 Å². The zero-order chi connectivity index (χ0) is 20.8. The first kappa shape index (κ1) is 20.6. The maximum atomic E-state index is 12.4. The average molecular weight is 427 g/mol. The summed E-state index contributed by atoms with van der Waals surface area (Å²) < 4.78 is 5.73. The predicted molar refractivity (Wildman–Crippen MR) is 114 cm³/mol. The van der Waals surface area contributed by atoms with Crippen LogP contribution in [0.3, 0.4) is 0 Å². The van der Waals surface area contributed by atoms with E-state index in [1.807, 2.05) is 0 Å². The van der Waals surface area contributed by atoms with E-state index in [1.54, 1.807) is 54.6 Å². The summed E-state index contributed by atoms with van der Waals surface area (Å²) in [5.74, 6) is 0.542. The van der Waals surface area contributed by atoms with E-state index in [9.17, 15) is 9.59 Å². The van der Waals surface area contributed by atoms with Crippen LogP contribution in [0.1, 0.15) is 26.4 Å². The smallest absolute Gasteiger partial charge is 0.269 e. The summed E-state index contributed by atoms with van der Waals surface area (Å²) in [4.78, 5) is 28.0. The summed E-state index contributed by atoms with van der Waals surface area (Å²) >= 11 is 11.9. The van der Waals surface area contributed by atoms with Gasteiger partial charge in [-0.25, -0.2) is 0 Å². The molecule has 3 rings (SSSR count). The maximum absolute atomic E-state index is 12.4. The van der Waals surface area contributed by atoms with Crippen LogP contribution >= 0.6 is 23.2 Å². The minimum absolute atomic E-state index is 0.159. The number of nitrogens with one attached hydrogen (secondary N) is 1. The van der Waals surface area contributed by atoms with E-state index in [-0.39, 0.29) is 17.4 Å². The standard InChI is InChI=1S/C22H16Cl2N2O3/c1-25-22(28)20-13-17(10-11-26-20)29-16-6-4-15(5-7-16)21(27)9-3-14-2-8-18(23)19(24)12-14/h2-13H,1H3,(H,25,28)/b9-3+. The van der Waals surface area contributed by atoms with Crippen molar-refractivity contribution >= 4 is 41.0 Å². The molecule has 0 aliphatic carbocycles. The fraction of sp³-hybridized carbons (Fsp3) is 0.0455. The second-order valence-electron chi connectivity index (χ2n) is 5.95. The van der Waals surface area contributed by atoms with E-state index >= 15 is 0 Å². The molecule has 0 radical (unpaired) electrons. The molecule has 0 saturated heterocycles. The molecule has 2 aromatic carbocycles. The molecule has 0 aliphatic heterocycles. The van der Waals surface area contributed by atoms with Gasteiger partial charge in [-0.3, -0.25) is 14.6 Å². The molecule has 0 atom stereocenters. The number of halogens is 2.